The molecule has 5 atom stereocenters. The Bertz CT molecular complexity index is 431. The summed E-state index contributed by atoms with van der Waals surface area (Å²) in [5, 5.41) is 12.2. The highest BCUT2D eigenvalue weighted by atomic mass is 16.4. The number of nitrogens with one attached hydrogen (secondary N) is 1. The Morgan fingerprint density at radius 3 is 2.55 bits per heavy atom. The predicted octanol–water partition coefficient (Wildman–Crippen LogP) is 2.43. The van der Waals surface area contributed by atoms with Gasteiger partial charge in [-0.05, 0) is 63.2 Å². The van der Waals surface area contributed by atoms with Crippen LogP contribution in [0.3, 0.4) is 0 Å². The third-order valence-electron chi connectivity index (χ3n) is 5.96. The molecular weight excluding hydrogens is 254 g/mol. The molecule has 0 aromatic carbocycles. The van der Waals surface area contributed by atoms with E-state index in [1.165, 1.54) is 25.7 Å². The summed E-state index contributed by atoms with van der Waals surface area (Å²) < 4.78 is 0. The first-order valence-electron chi connectivity index (χ1n) is 7.91. The first-order chi connectivity index (χ1) is 9.38. The second-order valence-electron chi connectivity index (χ2n) is 7.69. The van der Waals surface area contributed by atoms with Gasteiger partial charge < -0.3 is 10.4 Å². The van der Waals surface area contributed by atoms with Crippen LogP contribution in [0.2, 0.25) is 0 Å². The molecule has 3 saturated carbocycles. The maximum absolute atomic E-state index is 12.1. The summed E-state index contributed by atoms with van der Waals surface area (Å²) in [6, 6.07) is 0.302. The minimum absolute atomic E-state index is 0.0737. The lowest BCUT2D eigenvalue weighted by Crippen LogP contribution is -2.44. The fourth-order valence-corrected chi connectivity index (χ4v) is 4.97. The van der Waals surface area contributed by atoms with Gasteiger partial charge >= 0.3 is 5.97 Å². The van der Waals surface area contributed by atoms with Gasteiger partial charge in [-0.1, -0.05) is 6.42 Å². The van der Waals surface area contributed by atoms with Crippen LogP contribution in [0.1, 0.15) is 52.4 Å². The molecule has 3 rings (SSSR count). The number of fused-ring (bicyclic) bond motifs is 5. The molecule has 2 bridgehead atoms. The van der Waals surface area contributed by atoms with Gasteiger partial charge in [-0.2, -0.15) is 0 Å². The van der Waals surface area contributed by atoms with Crippen LogP contribution in [0, 0.1) is 29.1 Å². The first-order valence-corrected chi connectivity index (χ1v) is 7.91. The smallest absolute Gasteiger partial charge is 0.309 e. The predicted molar refractivity (Wildman–Crippen MR) is 75.0 cm³/mol. The van der Waals surface area contributed by atoms with Crippen LogP contribution >= 0.6 is 0 Å². The topological polar surface area (TPSA) is 66.4 Å². The second kappa shape index (κ2) is 4.74. The van der Waals surface area contributed by atoms with Crippen molar-refractivity contribution in [2.45, 2.75) is 58.4 Å². The molecule has 0 heterocycles. The molecule has 4 heteroatoms. The normalized spacial score (nSPS) is 38.8. The second-order valence-corrected chi connectivity index (χ2v) is 7.69. The van der Waals surface area contributed by atoms with Crippen LogP contribution in [0.25, 0.3) is 0 Å². The van der Waals surface area contributed by atoms with Gasteiger partial charge in [-0.25, -0.2) is 0 Å². The first kappa shape index (κ1) is 13.9. The number of hydrogen-bond acceptors (Lipinski definition) is 2. The van der Waals surface area contributed by atoms with Crippen molar-refractivity contribution in [3.63, 3.8) is 0 Å². The molecule has 2 N–H and O–H groups in total. The highest BCUT2D eigenvalue weighted by Gasteiger charge is 2.54. The Hall–Kier alpha value is -1.06. The number of carboxylic acids is 1. The van der Waals surface area contributed by atoms with E-state index in [9.17, 15) is 9.59 Å². The third-order valence-corrected chi connectivity index (χ3v) is 5.96. The zero-order valence-electron chi connectivity index (χ0n) is 12.4. The van der Waals surface area contributed by atoms with E-state index in [4.69, 9.17) is 5.11 Å². The highest BCUT2D eigenvalue weighted by molar-refractivity contribution is 5.84. The van der Waals surface area contributed by atoms with Crippen molar-refractivity contribution in [3.05, 3.63) is 0 Å². The van der Waals surface area contributed by atoms with Gasteiger partial charge in [0.15, 0.2) is 0 Å². The average molecular weight is 279 g/mol. The Morgan fingerprint density at radius 1 is 1.15 bits per heavy atom. The summed E-state index contributed by atoms with van der Waals surface area (Å²) in [6.07, 6.45) is 6.55. The van der Waals surface area contributed by atoms with Crippen molar-refractivity contribution in [3.8, 4) is 0 Å². The van der Waals surface area contributed by atoms with Crippen molar-refractivity contribution in [1.82, 2.24) is 5.32 Å². The largest absolute Gasteiger partial charge is 0.481 e. The minimum Gasteiger partial charge on any atom is -0.481 e. The molecule has 0 aromatic rings. The maximum Gasteiger partial charge on any atom is 0.309 e. The van der Waals surface area contributed by atoms with E-state index < -0.39 is 11.4 Å². The van der Waals surface area contributed by atoms with Crippen LogP contribution in [-0.4, -0.2) is 23.0 Å². The molecule has 3 aliphatic rings. The SMILES string of the molecule is CC(C)(CC(=O)NC1CC2CC1C1CCCC21)C(=O)O. The van der Waals surface area contributed by atoms with Crippen molar-refractivity contribution in [2.24, 2.45) is 29.1 Å². The molecule has 0 saturated heterocycles. The molecule has 0 aliphatic heterocycles. The summed E-state index contributed by atoms with van der Waals surface area (Å²) in [7, 11) is 0. The number of carboxylic acid groups (broad SMARTS) is 1. The molecule has 0 aromatic heterocycles. The van der Waals surface area contributed by atoms with E-state index in [1.807, 2.05) is 0 Å². The van der Waals surface area contributed by atoms with Crippen LogP contribution in [0.5, 0.6) is 0 Å². The molecule has 5 unspecified atom stereocenters. The van der Waals surface area contributed by atoms with Gasteiger partial charge in [0.05, 0.1) is 5.41 Å². The van der Waals surface area contributed by atoms with Crippen LogP contribution < -0.4 is 5.32 Å². The monoisotopic (exact) mass is 279 g/mol. The number of carbonyl (C=O) groups is 2. The number of hydrogen-bond donors (Lipinski definition) is 2. The molecule has 1 amide bonds. The van der Waals surface area contributed by atoms with Crippen molar-refractivity contribution < 1.29 is 14.7 Å². The fraction of sp³-hybridized carbons (Fsp3) is 0.875. The molecule has 0 radical (unpaired) electrons. The Kier molecular flexibility index (Phi) is 3.30. The van der Waals surface area contributed by atoms with E-state index in [2.05, 4.69) is 5.32 Å². The number of carbonyl (C=O) groups excluding carboxylic acids is 1. The van der Waals surface area contributed by atoms with E-state index in [0.717, 1.165) is 24.2 Å². The summed E-state index contributed by atoms with van der Waals surface area (Å²) in [6.45, 7) is 3.23. The lowest BCUT2D eigenvalue weighted by Gasteiger charge is -2.32. The van der Waals surface area contributed by atoms with Crippen LogP contribution in [-0.2, 0) is 9.59 Å². The molecule has 0 spiro atoms. The highest BCUT2D eigenvalue weighted by Crippen LogP contribution is 2.58. The zero-order chi connectivity index (χ0) is 14.5. The van der Waals surface area contributed by atoms with E-state index >= 15 is 0 Å². The molecule has 4 nitrogen and oxygen atoms in total. The minimum atomic E-state index is -0.975. The number of amides is 1. The molecule has 20 heavy (non-hydrogen) atoms. The number of aliphatic carboxylic acids is 1. The van der Waals surface area contributed by atoms with Gasteiger partial charge in [-0.3, -0.25) is 9.59 Å². The average Bonchev–Trinajstić information content (AvgIpc) is 2.97. The maximum atomic E-state index is 12.1. The fourth-order valence-electron chi connectivity index (χ4n) is 4.97. The van der Waals surface area contributed by atoms with E-state index in [-0.39, 0.29) is 12.3 Å². The van der Waals surface area contributed by atoms with Gasteiger partial charge in [0.1, 0.15) is 0 Å². The van der Waals surface area contributed by atoms with Crippen molar-refractivity contribution in [1.29, 1.82) is 0 Å². The quantitative estimate of drug-likeness (QED) is 0.830. The molecule has 112 valence electrons. The summed E-state index contributed by atoms with van der Waals surface area (Å²) in [4.78, 5) is 23.2. The Balaban J connectivity index is 1.57. The Morgan fingerprint density at radius 2 is 1.85 bits per heavy atom. The Labute approximate surface area is 120 Å². The number of rotatable bonds is 4. The van der Waals surface area contributed by atoms with E-state index in [1.54, 1.807) is 13.8 Å². The summed E-state index contributed by atoms with van der Waals surface area (Å²) in [5.74, 6) is 2.21. The van der Waals surface area contributed by atoms with Crippen molar-refractivity contribution in [2.75, 3.05) is 0 Å². The van der Waals surface area contributed by atoms with Crippen LogP contribution in [0.4, 0.5) is 0 Å². The van der Waals surface area contributed by atoms with Gasteiger partial charge in [0, 0.05) is 12.5 Å². The molecule has 3 aliphatic carbocycles. The lowest BCUT2D eigenvalue weighted by atomic mass is 9.79. The van der Waals surface area contributed by atoms with Crippen LogP contribution in [0.15, 0.2) is 0 Å². The van der Waals surface area contributed by atoms with Crippen molar-refractivity contribution >= 4 is 11.9 Å². The molecular formula is C16H25NO3. The lowest BCUT2D eigenvalue weighted by molar-refractivity contribution is -0.149. The molecule has 3 fully saturated rings. The third kappa shape index (κ3) is 2.23. The summed E-state index contributed by atoms with van der Waals surface area (Å²) >= 11 is 0. The van der Waals surface area contributed by atoms with Gasteiger partial charge in [0.2, 0.25) is 5.91 Å². The van der Waals surface area contributed by atoms with E-state index in [0.29, 0.717) is 12.0 Å². The summed E-state index contributed by atoms with van der Waals surface area (Å²) in [5.41, 5.74) is -0.975. The van der Waals surface area contributed by atoms with Gasteiger partial charge in [0.25, 0.3) is 0 Å². The van der Waals surface area contributed by atoms with Gasteiger partial charge in [-0.15, -0.1) is 0 Å². The zero-order valence-corrected chi connectivity index (χ0v) is 12.4. The standard InChI is InChI=1S/C16H25NO3/c1-16(2,15(19)20)8-14(18)17-13-7-9-6-12(13)11-5-3-4-10(9)11/h9-13H,3-8H2,1-2H3,(H,17,18)(H,19,20).